The number of thiophene rings is 1. The molecule has 2 aliphatic heterocycles. The van der Waals surface area contributed by atoms with Crippen LogP contribution in [0.5, 0.6) is 0 Å². The Bertz CT molecular complexity index is 758. The number of benzene rings is 1. The van der Waals surface area contributed by atoms with Crippen LogP contribution in [0.3, 0.4) is 0 Å². The molecule has 132 valence electrons. The number of ether oxygens (including phenoxy) is 1. The molecule has 0 unspecified atom stereocenters. The fourth-order valence-electron chi connectivity index (χ4n) is 3.67. The Labute approximate surface area is 152 Å². The molecule has 0 saturated carbocycles. The summed E-state index contributed by atoms with van der Waals surface area (Å²) >= 11 is 1.84. The molecule has 4 rings (SSSR count). The van der Waals surface area contributed by atoms with Crippen LogP contribution in [0.25, 0.3) is 0 Å². The topological polar surface area (TPSA) is 41.6 Å². The zero-order chi connectivity index (χ0) is 17.2. The summed E-state index contributed by atoms with van der Waals surface area (Å²) in [5, 5.41) is 5.28. The van der Waals surface area contributed by atoms with Crippen LogP contribution in [-0.4, -0.2) is 25.2 Å². The molecule has 1 N–H and O–H groups in total. The number of carbonyl (C=O) groups excluding carboxylic acids is 1. The number of anilines is 2. The smallest absolute Gasteiger partial charge is 0.253 e. The molecule has 1 amide bonds. The zero-order valence-corrected chi connectivity index (χ0v) is 15.3. The van der Waals surface area contributed by atoms with Gasteiger partial charge in [0.1, 0.15) is 6.10 Å². The van der Waals surface area contributed by atoms with Crippen molar-refractivity contribution in [1.29, 1.82) is 0 Å². The predicted octanol–water partition coefficient (Wildman–Crippen LogP) is 4.06. The molecule has 1 aromatic heterocycles. The fourth-order valence-corrected chi connectivity index (χ4v) is 4.56. The van der Waals surface area contributed by atoms with E-state index in [0.717, 1.165) is 43.7 Å². The number of amides is 1. The summed E-state index contributed by atoms with van der Waals surface area (Å²) < 4.78 is 5.68. The molecular formula is C20H24N2O2S. The summed E-state index contributed by atoms with van der Waals surface area (Å²) in [7, 11) is 0. The van der Waals surface area contributed by atoms with Crippen LogP contribution in [0.1, 0.15) is 30.2 Å². The van der Waals surface area contributed by atoms with Crippen LogP contribution >= 0.6 is 11.3 Å². The lowest BCUT2D eigenvalue weighted by Gasteiger charge is -2.31. The monoisotopic (exact) mass is 356 g/mol. The van der Waals surface area contributed by atoms with Gasteiger partial charge in [-0.2, -0.15) is 0 Å². The first kappa shape index (κ1) is 16.6. The van der Waals surface area contributed by atoms with Gasteiger partial charge in [-0.25, -0.2) is 0 Å². The normalized spacial score (nSPS) is 23.2. The Morgan fingerprint density at radius 3 is 3.08 bits per heavy atom. The van der Waals surface area contributed by atoms with Gasteiger partial charge in [0.05, 0.1) is 11.4 Å². The minimum absolute atomic E-state index is 0.0211. The van der Waals surface area contributed by atoms with E-state index in [-0.39, 0.29) is 12.0 Å². The van der Waals surface area contributed by atoms with Gasteiger partial charge in [0, 0.05) is 24.6 Å². The quantitative estimate of drug-likeness (QED) is 0.901. The number of fused-ring (bicyclic) bond motifs is 1. The maximum Gasteiger partial charge on any atom is 0.253 e. The van der Waals surface area contributed by atoms with Crippen molar-refractivity contribution >= 4 is 28.6 Å². The maximum absolute atomic E-state index is 12.7. The number of para-hydroxylation sites is 2. The Balaban J connectivity index is 1.50. The van der Waals surface area contributed by atoms with E-state index < -0.39 is 0 Å². The highest BCUT2D eigenvalue weighted by Crippen LogP contribution is 2.32. The molecule has 1 aromatic carbocycles. The summed E-state index contributed by atoms with van der Waals surface area (Å²) in [6.07, 6.45) is 2.58. The number of carbonyl (C=O) groups is 1. The third-order valence-electron chi connectivity index (χ3n) is 5.15. The van der Waals surface area contributed by atoms with Crippen molar-refractivity contribution in [3.63, 3.8) is 0 Å². The van der Waals surface area contributed by atoms with Crippen LogP contribution < -0.4 is 10.2 Å². The molecule has 2 aromatic rings. The molecule has 3 heterocycles. The molecule has 2 atom stereocenters. The third kappa shape index (κ3) is 3.58. The lowest BCUT2D eigenvalue weighted by Crippen LogP contribution is -2.36. The van der Waals surface area contributed by atoms with E-state index in [0.29, 0.717) is 12.5 Å². The molecule has 5 heteroatoms. The van der Waals surface area contributed by atoms with Crippen LogP contribution in [0.15, 0.2) is 35.7 Å². The van der Waals surface area contributed by atoms with Gasteiger partial charge >= 0.3 is 0 Å². The second kappa shape index (κ2) is 7.18. The van der Waals surface area contributed by atoms with Crippen molar-refractivity contribution in [2.75, 3.05) is 23.4 Å². The fraction of sp³-hybridized carbons (Fsp3) is 0.450. The Morgan fingerprint density at radius 2 is 2.20 bits per heavy atom. The van der Waals surface area contributed by atoms with Gasteiger partial charge in [-0.15, -0.1) is 11.3 Å². The predicted molar refractivity (Wildman–Crippen MR) is 102 cm³/mol. The summed E-state index contributed by atoms with van der Waals surface area (Å²) in [4.78, 5) is 16.5. The first-order chi connectivity index (χ1) is 12.2. The highest BCUT2D eigenvalue weighted by molar-refractivity contribution is 7.10. The van der Waals surface area contributed by atoms with Gasteiger partial charge in [0.15, 0.2) is 0 Å². The summed E-state index contributed by atoms with van der Waals surface area (Å²) in [5.41, 5.74) is 3.38. The van der Waals surface area contributed by atoms with E-state index in [9.17, 15) is 4.79 Å². The zero-order valence-electron chi connectivity index (χ0n) is 14.5. The average Bonchev–Trinajstić information content (AvgIpc) is 3.10. The van der Waals surface area contributed by atoms with Crippen molar-refractivity contribution in [3.8, 4) is 0 Å². The second-order valence-electron chi connectivity index (χ2n) is 7.04. The van der Waals surface area contributed by atoms with E-state index in [1.54, 1.807) is 0 Å². The molecular weight excluding hydrogens is 332 g/mol. The van der Waals surface area contributed by atoms with Crippen molar-refractivity contribution < 1.29 is 9.53 Å². The number of hydrogen-bond acceptors (Lipinski definition) is 4. The molecule has 0 spiro atoms. The van der Waals surface area contributed by atoms with Gasteiger partial charge in [-0.05, 0) is 54.3 Å². The highest BCUT2D eigenvalue weighted by Gasteiger charge is 2.27. The summed E-state index contributed by atoms with van der Waals surface area (Å²) in [6.45, 7) is 4.75. The molecule has 4 nitrogen and oxygen atoms in total. The van der Waals surface area contributed by atoms with Gasteiger partial charge in [0.2, 0.25) is 0 Å². The molecule has 25 heavy (non-hydrogen) atoms. The molecule has 0 radical (unpaired) electrons. The Hall–Kier alpha value is -1.85. The SMILES string of the molecule is C[C@H]1CCO[C@H](C(=O)Nc2ccccc2N2CCc3sccc3C2)C1. The number of hydrogen-bond donors (Lipinski definition) is 1. The Morgan fingerprint density at radius 1 is 1.32 bits per heavy atom. The van der Waals surface area contributed by atoms with Gasteiger partial charge in [0.25, 0.3) is 5.91 Å². The van der Waals surface area contributed by atoms with Crippen LogP contribution in [-0.2, 0) is 22.5 Å². The number of nitrogens with zero attached hydrogens (tertiary/aromatic N) is 1. The first-order valence-electron chi connectivity index (χ1n) is 9.02. The lowest BCUT2D eigenvalue weighted by molar-refractivity contribution is -0.131. The maximum atomic E-state index is 12.7. The van der Waals surface area contributed by atoms with E-state index in [1.165, 1.54) is 10.4 Å². The van der Waals surface area contributed by atoms with Gasteiger partial charge in [-0.1, -0.05) is 19.1 Å². The first-order valence-corrected chi connectivity index (χ1v) is 9.90. The highest BCUT2D eigenvalue weighted by atomic mass is 32.1. The van der Waals surface area contributed by atoms with Crippen molar-refractivity contribution in [3.05, 3.63) is 46.2 Å². The van der Waals surface area contributed by atoms with Gasteiger partial charge in [-0.3, -0.25) is 4.79 Å². The molecule has 0 bridgehead atoms. The Kier molecular flexibility index (Phi) is 4.77. The number of nitrogens with one attached hydrogen (secondary N) is 1. The molecule has 0 aliphatic carbocycles. The van der Waals surface area contributed by atoms with Gasteiger partial charge < -0.3 is 15.0 Å². The largest absolute Gasteiger partial charge is 0.368 e. The van der Waals surface area contributed by atoms with E-state index in [4.69, 9.17) is 4.74 Å². The second-order valence-corrected chi connectivity index (χ2v) is 8.04. The van der Waals surface area contributed by atoms with Crippen molar-refractivity contribution in [2.24, 2.45) is 5.92 Å². The standard InChI is InChI=1S/C20H24N2O2S/c1-14-7-10-24-18(12-14)20(23)21-16-4-2-3-5-17(16)22-9-6-19-15(13-22)8-11-25-19/h2-5,8,11,14,18H,6-7,9-10,12-13H2,1H3,(H,21,23)/t14-,18-/m0/s1. The molecule has 2 aliphatic rings. The minimum atomic E-state index is -0.332. The van der Waals surface area contributed by atoms with E-state index in [1.807, 2.05) is 29.5 Å². The lowest BCUT2D eigenvalue weighted by atomic mass is 9.97. The summed E-state index contributed by atoms with van der Waals surface area (Å²) in [6, 6.07) is 10.3. The third-order valence-corrected chi connectivity index (χ3v) is 6.17. The molecule has 1 fully saturated rings. The minimum Gasteiger partial charge on any atom is -0.368 e. The number of rotatable bonds is 3. The van der Waals surface area contributed by atoms with Crippen molar-refractivity contribution in [1.82, 2.24) is 0 Å². The summed E-state index contributed by atoms with van der Waals surface area (Å²) in [5.74, 6) is 0.520. The van der Waals surface area contributed by atoms with Crippen LogP contribution in [0.2, 0.25) is 0 Å². The average molecular weight is 356 g/mol. The molecule has 1 saturated heterocycles. The van der Waals surface area contributed by atoms with E-state index in [2.05, 4.69) is 34.7 Å². The van der Waals surface area contributed by atoms with Crippen LogP contribution in [0.4, 0.5) is 11.4 Å². The van der Waals surface area contributed by atoms with E-state index >= 15 is 0 Å². The van der Waals surface area contributed by atoms with Crippen LogP contribution in [0, 0.1) is 5.92 Å². The van der Waals surface area contributed by atoms with Crippen molar-refractivity contribution in [2.45, 2.75) is 38.8 Å².